The molecule has 1 saturated heterocycles. The third-order valence-electron chi connectivity index (χ3n) is 11.5. The average molecular weight is 801 g/mol. The average Bonchev–Trinajstić information content (AvgIpc) is 3.44. The second kappa shape index (κ2) is 15.0. The van der Waals surface area contributed by atoms with Crippen molar-refractivity contribution < 1.29 is 40.7 Å². The van der Waals surface area contributed by atoms with E-state index >= 15 is 0 Å². The monoisotopic (exact) mass is 800 g/mol. The van der Waals surface area contributed by atoms with Gasteiger partial charge in [0.25, 0.3) is 11.9 Å². The van der Waals surface area contributed by atoms with Gasteiger partial charge in [0.1, 0.15) is 35.6 Å². The number of nitrogens with zero attached hydrogens (tertiary/aromatic N) is 5. The van der Waals surface area contributed by atoms with Crippen LogP contribution in [-0.4, -0.2) is 85.6 Å². The molecule has 56 heavy (non-hydrogen) atoms. The molecule has 7 rings (SSSR count). The summed E-state index contributed by atoms with van der Waals surface area (Å²) in [5, 5.41) is 6.05. The number of sulfonamides is 1. The summed E-state index contributed by atoms with van der Waals surface area (Å²) in [4.78, 5) is 57.7. The van der Waals surface area contributed by atoms with Crippen molar-refractivity contribution in [1.82, 2.24) is 34.5 Å². The molecule has 4 aliphatic rings. The molecule has 4 heterocycles. The van der Waals surface area contributed by atoms with Gasteiger partial charge in [-0.25, -0.2) is 18.4 Å². The molecular formula is C38H47F3N8O6S. The number of imidazole rings is 1. The van der Waals surface area contributed by atoms with Gasteiger partial charge in [0, 0.05) is 24.6 Å². The standard InChI is InChI=1S/C38H47F3N8O6S/c1-23(2)49-31-29(20-42-22-43-31)45-35(49)55-27-18-30-32(50)46-37(34(52)47-56(53,54)36(3)16-17-36)15-14-24(19-37)8-6-4-5-7-9-28(33(51)48(30)21-27)44-26-12-10-25(11-13-26)38(39,40)41/h8,10-13,20,22-23,27-28,30,44H,4-7,9,14-19,21H2,1-3H3,(H,46,50)(H,47,52)/b24-8-/t27-,28+,30+,37-/m1/s1. The van der Waals surface area contributed by atoms with E-state index in [0.29, 0.717) is 55.4 Å². The second-order valence-electron chi connectivity index (χ2n) is 16.0. The van der Waals surface area contributed by atoms with E-state index in [4.69, 9.17) is 4.74 Å². The highest BCUT2D eigenvalue weighted by atomic mass is 32.2. The summed E-state index contributed by atoms with van der Waals surface area (Å²) in [6.07, 6.45) is 4.46. The van der Waals surface area contributed by atoms with Gasteiger partial charge in [-0.2, -0.15) is 18.2 Å². The normalized spacial score (nSPS) is 26.8. The molecule has 2 aromatic heterocycles. The predicted molar refractivity (Wildman–Crippen MR) is 200 cm³/mol. The molecule has 302 valence electrons. The van der Waals surface area contributed by atoms with E-state index < -0.39 is 68.0 Å². The summed E-state index contributed by atoms with van der Waals surface area (Å²) in [6, 6.07) is 2.44. The number of alkyl halides is 3. The Hall–Kier alpha value is -4.74. The summed E-state index contributed by atoms with van der Waals surface area (Å²) in [5.74, 6) is -1.94. The number of carbonyl (C=O) groups is 3. The Kier molecular flexibility index (Phi) is 10.6. The third-order valence-corrected chi connectivity index (χ3v) is 13.6. The van der Waals surface area contributed by atoms with E-state index in [1.165, 1.54) is 23.4 Å². The van der Waals surface area contributed by atoms with Crippen LogP contribution >= 0.6 is 0 Å². The van der Waals surface area contributed by atoms with Gasteiger partial charge >= 0.3 is 6.18 Å². The zero-order valence-electron chi connectivity index (χ0n) is 31.6. The van der Waals surface area contributed by atoms with Crippen LogP contribution in [0.15, 0.2) is 48.4 Å². The van der Waals surface area contributed by atoms with Crippen molar-refractivity contribution in [3.05, 3.63) is 54.0 Å². The highest BCUT2D eigenvalue weighted by Crippen LogP contribution is 2.43. The van der Waals surface area contributed by atoms with Crippen molar-refractivity contribution in [2.24, 2.45) is 0 Å². The molecule has 0 spiro atoms. The minimum atomic E-state index is -4.53. The number of anilines is 1. The minimum Gasteiger partial charge on any atom is -0.459 e. The number of hydrogen-bond acceptors (Lipinski definition) is 10. The SMILES string of the molecule is CC(C)n1c(O[C@@H]2C[C@H]3C(=O)N[C@]4(C(=O)NS(=O)(=O)C5(C)CC5)CC/C(=C/CCCCC[C@H](Nc5ccc(C(F)(F)F)cc5)C(=O)N3C2)C4)nc2cncnc21. The van der Waals surface area contributed by atoms with Crippen molar-refractivity contribution in [2.45, 2.75) is 132 Å². The number of amides is 3. The molecule has 1 aromatic carbocycles. The van der Waals surface area contributed by atoms with Crippen molar-refractivity contribution in [2.75, 3.05) is 11.9 Å². The number of fused-ring (bicyclic) bond motifs is 4. The van der Waals surface area contributed by atoms with Crippen LogP contribution < -0.4 is 20.1 Å². The van der Waals surface area contributed by atoms with E-state index in [1.807, 2.05) is 19.9 Å². The Morgan fingerprint density at radius 2 is 1.84 bits per heavy atom. The first kappa shape index (κ1) is 39.5. The number of aromatic nitrogens is 4. The summed E-state index contributed by atoms with van der Waals surface area (Å²) < 4.78 is 76.0. The Morgan fingerprint density at radius 3 is 2.54 bits per heavy atom. The van der Waals surface area contributed by atoms with Gasteiger partial charge in [-0.15, -0.1) is 0 Å². The molecule has 2 bridgehead atoms. The smallest absolute Gasteiger partial charge is 0.416 e. The first-order chi connectivity index (χ1) is 26.5. The van der Waals surface area contributed by atoms with Crippen molar-refractivity contribution in [1.29, 1.82) is 0 Å². The van der Waals surface area contributed by atoms with Crippen LogP contribution in [0.2, 0.25) is 0 Å². The van der Waals surface area contributed by atoms with E-state index in [9.17, 15) is 36.0 Å². The number of nitrogens with one attached hydrogen (secondary N) is 3. The summed E-state index contributed by atoms with van der Waals surface area (Å²) in [7, 11) is -4.03. The van der Waals surface area contributed by atoms with Crippen LogP contribution in [0.5, 0.6) is 6.01 Å². The number of benzene rings is 1. The van der Waals surface area contributed by atoms with E-state index in [2.05, 4.69) is 30.3 Å². The first-order valence-corrected chi connectivity index (χ1v) is 20.6. The lowest BCUT2D eigenvalue weighted by molar-refractivity contribution is -0.141. The third kappa shape index (κ3) is 7.93. The van der Waals surface area contributed by atoms with Gasteiger partial charge in [0.15, 0.2) is 5.65 Å². The number of rotatable bonds is 8. The molecule has 18 heteroatoms. The van der Waals surface area contributed by atoms with Gasteiger partial charge < -0.3 is 20.3 Å². The molecule has 3 N–H and O–H groups in total. The summed E-state index contributed by atoms with van der Waals surface area (Å²) >= 11 is 0. The lowest BCUT2D eigenvalue weighted by atomic mass is 9.95. The fourth-order valence-corrected chi connectivity index (χ4v) is 9.19. The first-order valence-electron chi connectivity index (χ1n) is 19.1. The molecule has 14 nitrogen and oxygen atoms in total. The number of hydrogen-bond donors (Lipinski definition) is 3. The van der Waals surface area contributed by atoms with Crippen LogP contribution in [-0.2, 0) is 30.6 Å². The number of carbonyl (C=O) groups excluding carboxylic acids is 3. The van der Waals surface area contributed by atoms with Crippen molar-refractivity contribution in [3.63, 3.8) is 0 Å². The molecule has 2 saturated carbocycles. The molecule has 3 fully saturated rings. The fourth-order valence-electron chi connectivity index (χ4n) is 7.87. The molecule has 0 unspecified atom stereocenters. The molecule has 0 radical (unpaired) electrons. The number of allylic oxidation sites excluding steroid dienone is 1. The predicted octanol–water partition coefficient (Wildman–Crippen LogP) is 5.18. The van der Waals surface area contributed by atoms with Crippen LogP contribution in [0.3, 0.4) is 0 Å². The maximum absolute atomic E-state index is 14.7. The van der Waals surface area contributed by atoms with Gasteiger partial charge in [0.2, 0.25) is 21.8 Å². The topological polar surface area (TPSA) is 178 Å². The maximum Gasteiger partial charge on any atom is 0.416 e. The fraction of sp³-hybridized carbons (Fsp3) is 0.579. The quantitative estimate of drug-likeness (QED) is 0.257. The lowest BCUT2D eigenvalue weighted by Gasteiger charge is -2.33. The van der Waals surface area contributed by atoms with Crippen molar-refractivity contribution in [3.8, 4) is 6.01 Å². The number of halogens is 3. The number of ether oxygens (including phenoxy) is 1. The van der Waals surface area contributed by atoms with Crippen LogP contribution in [0, 0.1) is 0 Å². The highest BCUT2D eigenvalue weighted by molar-refractivity contribution is 7.91. The molecule has 3 amide bonds. The van der Waals surface area contributed by atoms with Crippen LogP contribution in [0.25, 0.3) is 11.2 Å². The second-order valence-corrected chi connectivity index (χ2v) is 18.2. The van der Waals surface area contributed by atoms with Gasteiger partial charge in [0.05, 0.1) is 23.1 Å². The molecule has 3 aromatic rings. The molecule has 2 aliphatic heterocycles. The zero-order chi connectivity index (χ0) is 40.0. The maximum atomic E-state index is 14.7. The Bertz CT molecular complexity index is 2140. The summed E-state index contributed by atoms with van der Waals surface area (Å²) in [6.45, 7) is 5.39. The van der Waals surface area contributed by atoms with E-state index in [0.717, 1.165) is 30.5 Å². The summed E-state index contributed by atoms with van der Waals surface area (Å²) in [5.41, 5.74) is -0.142. The Labute approximate surface area is 323 Å². The largest absolute Gasteiger partial charge is 0.459 e. The van der Waals surface area contributed by atoms with Crippen molar-refractivity contribution >= 4 is 44.6 Å². The Morgan fingerprint density at radius 1 is 1.09 bits per heavy atom. The Balaban J connectivity index is 1.22. The van der Waals surface area contributed by atoms with Gasteiger partial charge in [-0.1, -0.05) is 24.5 Å². The van der Waals surface area contributed by atoms with Crippen LogP contribution in [0.1, 0.15) is 103 Å². The molecule has 2 aliphatic carbocycles. The highest BCUT2D eigenvalue weighted by Gasteiger charge is 2.55. The van der Waals surface area contributed by atoms with E-state index in [1.54, 1.807) is 17.7 Å². The van der Waals surface area contributed by atoms with Gasteiger partial charge in [-0.05, 0) is 90.0 Å². The van der Waals surface area contributed by atoms with Crippen LogP contribution in [0.4, 0.5) is 18.9 Å². The molecule has 4 atom stereocenters. The lowest BCUT2D eigenvalue weighted by Crippen LogP contribution is -2.62. The van der Waals surface area contributed by atoms with E-state index in [-0.39, 0.29) is 37.9 Å². The zero-order valence-corrected chi connectivity index (χ0v) is 32.4. The minimum absolute atomic E-state index is 0.00825. The van der Waals surface area contributed by atoms with Gasteiger partial charge in [-0.3, -0.25) is 23.7 Å². The molecular weight excluding hydrogens is 754 g/mol.